The molecule has 0 fully saturated rings. The van der Waals surface area contributed by atoms with Gasteiger partial charge < -0.3 is 15.5 Å². The highest BCUT2D eigenvalue weighted by Crippen LogP contribution is 2.29. The fourth-order valence-electron chi connectivity index (χ4n) is 1.18. The number of oxazole rings is 1. The quantitative estimate of drug-likeness (QED) is 0.880. The summed E-state index contributed by atoms with van der Waals surface area (Å²) >= 11 is 11.7. The van der Waals surface area contributed by atoms with Gasteiger partial charge in [-0.2, -0.15) is 4.98 Å². The van der Waals surface area contributed by atoms with Crippen molar-refractivity contribution in [2.24, 2.45) is 0 Å². The van der Waals surface area contributed by atoms with E-state index in [4.69, 9.17) is 33.4 Å². The van der Waals surface area contributed by atoms with Gasteiger partial charge in [0.05, 0.1) is 15.7 Å². The Balaban J connectivity index is 2.21. The molecule has 1 heterocycles. The zero-order chi connectivity index (χ0) is 12.4. The fourth-order valence-corrected chi connectivity index (χ4v) is 1.53. The highest BCUT2D eigenvalue weighted by Gasteiger charge is 2.13. The predicted octanol–water partition coefficient (Wildman–Crippen LogP) is 2.82. The van der Waals surface area contributed by atoms with Crippen LogP contribution in [0.1, 0.15) is 10.5 Å². The zero-order valence-corrected chi connectivity index (χ0v) is 9.92. The van der Waals surface area contributed by atoms with E-state index in [1.54, 1.807) is 18.2 Å². The van der Waals surface area contributed by atoms with E-state index in [9.17, 15) is 4.79 Å². The number of hydrogen-bond acceptors (Lipinski definition) is 4. The lowest BCUT2D eigenvalue weighted by molar-refractivity contribution is 0.102. The van der Waals surface area contributed by atoms with Crippen LogP contribution in [0.2, 0.25) is 10.0 Å². The molecule has 0 bridgehead atoms. The van der Waals surface area contributed by atoms with Gasteiger partial charge in [0.15, 0.2) is 5.69 Å². The Morgan fingerprint density at radius 2 is 2.18 bits per heavy atom. The molecule has 0 radical (unpaired) electrons. The average Bonchev–Trinajstić information content (AvgIpc) is 2.72. The molecule has 0 saturated heterocycles. The number of nitrogens with one attached hydrogen (secondary N) is 1. The van der Waals surface area contributed by atoms with Crippen LogP contribution in [0.4, 0.5) is 11.7 Å². The normalized spacial score (nSPS) is 10.2. The Hall–Kier alpha value is -1.72. The van der Waals surface area contributed by atoms with Crippen LogP contribution in [0.5, 0.6) is 0 Å². The van der Waals surface area contributed by atoms with E-state index in [1.807, 2.05) is 0 Å². The first-order valence-electron chi connectivity index (χ1n) is 4.54. The first-order valence-corrected chi connectivity index (χ1v) is 5.30. The van der Waals surface area contributed by atoms with E-state index in [0.29, 0.717) is 10.7 Å². The number of carbonyl (C=O) groups is 1. The van der Waals surface area contributed by atoms with Crippen LogP contribution in [0.25, 0.3) is 0 Å². The summed E-state index contributed by atoms with van der Waals surface area (Å²) in [5, 5.41) is 3.16. The van der Waals surface area contributed by atoms with Crippen molar-refractivity contribution in [2.45, 2.75) is 0 Å². The van der Waals surface area contributed by atoms with Gasteiger partial charge in [0.25, 0.3) is 11.9 Å². The molecule has 5 nitrogen and oxygen atoms in total. The average molecular weight is 272 g/mol. The standard InChI is InChI=1S/C10H7Cl2N3O2/c11-5-2-1-3-6(8(5)12)14-9(16)7-4-17-10(13)15-7/h1-4H,(H2,13,15)(H,14,16). The minimum absolute atomic E-state index is 0.0681. The topological polar surface area (TPSA) is 81.1 Å². The summed E-state index contributed by atoms with van der Waals surface area (Å²) in [4.78, 5) is 15.4. The second-order valence-corrected chi connectivity index (χ2v) is 3.91. The molecule has 0 unspecified atom stereocenters. The molecule has 0 aliphatic rings. The molecule has 2 aromatic rings. The lowest BCUT2D eigenvalue weighted by atomic mass is 10.3. The van der Waals surface area contributed by atoms with Crippen molar-refractivity contribution >= 4 is 40.8 Å². The number of rotatable bonds is 2. The Bertz CT molecular complexity index is 568. The maximum Gasteiger partial charge on any atom is 0.292 e. The van der Waals surface area contributed by atoms with Crippen LogP contribution in [0.3, 0.4) is 0 Å². The second-order valence-electron chi connectivity index (χ2n) is 3.13. The Labute approximate surface area is 107 Å². The summed E-state index contributed by atoms with van der Waals surface area (Å²) in [6.07, 6.45) is 1.16. The van der Waals surface area contributed by atoms with E-state index in [-0.39, 0.29) is 16.7 Å². The predicted molar refractivity (Wildman–Crippen MR) is 65.3 cm³/mol. The number of aromatic nitrogens is 1. The van der Waals surface area contributed by atoms with Crippen molar-refractivity contribution in [3.8, 4) is 0 Å². The van der Waals surface area contributed by atoms with Crippen LogP contribution in [-0.4, -0.2) is 10.9 Å². The molecule has 7 heteroatoms. The van der Waals surface area contributed by atoms with E-state index < -0.39 is 5.91 Å². The van der Waals surface area contributed by atoms with Gasteiger partial charge >= 0.3 is 0 Å². The largest absolute Gasteiger partial charge is 0.431 e. The number of amides is 1. The summed E-state index contributed by atoms with van der Waals surface area (Å²) < 4.78 is 4.72. The van der Waals surface area contributed by atoms with E-state index in [0.717, 1.165) is 6.26 Å². The molecule has 1 aromatic carbocycles. The minimum atomic E-state index is -0.477. The van der Waals surface area contributed by atoms with Crippen LogP contribution in [0.15, 0.2) is 28.9 Å². The van der Waals surface area contributed by atoms with Gasteiger partial charge in [-0.25, -0.2) is 0 Å². The smallest absolute Gasteiger partial charge is 0.292 e. The minimum Gasteiger partial charge on any atom is -0.431 e. The van der Waals surface area contributed by atoms with E-state index in [2.05, 4.69) is 10.3 Å². The monoisotopic (exact) mass is 271 g/mol. The molecular weight excluding hydrogens is 265 g/mol. The van der Waals surface area contributed by atoms with E-state index >= 15 is 0 Å². The molecule has 88 valence electrons. The summed E-state index contributed by atoms with van der Waals surface area (Å²) in [6, 6.07) is 4.83. The van der Waals surface area contributed by atoms with Crippen molar-refractivity contribution < 1.29 is 9.21 Å². The first kappa shape index (κ1) is 11.8. The molecule has 2 rings (SSSR count). The van der Waals surface area contributed by atoms with Crippen molar-refractivity contribution in [3.05, 3.63) is 40.2 Å². The lowest BCUT2D eigenvalue weighted by Gasteiger charge is -2.05. The Kier molecular flexibility index (Phi) is 3.21. The molecule has 1 aromatic heterocycles. The number of nitrogens with zero attached hydrogens (tertiary/aromatic N) is 1. The number of anilines is 2. The number of carbonyl (C=O) groups excluding carboxylic acids is 1. The van der Waals surface area contributed by atoms with E-state index in [1.165, 1.54) is 0 Å². The van der Waals surface area contributed by atoms with Gasteiger partial charge in [0, 0.05) is 0 Å². The number of nitrogens with two attached hydrogens (primary N) is 1. The summed E-state index contributed by atoms with van der Waals surface area (Å²) in [5.74, 6) is -0.477. The highest BCUT2D eigenvalue weighted by molar-refractivity contribution is 6.44. The van der Waals surface area contributed by atoms with Crippen LogP contribution < -0.4 is 11.1 Å². The first-order chi connectivity index (χ1) is 8.08. The molecule has 3 N–H and O–H groups in total. The Morgan fingerprint density at radius 1 is 1.41 bits per heavy atom. The molecule has 17 heavy (non-hydrogen) atoms. The van der Waals surface area contributed by atoms with Gasteiger partial charge in [0.1, 0.15) is 6.26 Å². The van der Waals surface area contributed by atoms with Crippen LogP contribution >= 0.6 is 23.2 Å². The van der Waals surface area contributed by atoms with Crippen molar-refractivity contribution in [3.63, 3.8) is 0 Å². The third kappa shape index (κ3) is 2.51. The maximum absolute atomic E-state index is 11.7. The van der Waals surface area contributed by atoms with Gasteiger partial charge in [-0.1, -0.05) is 29.3 Å². The number of nitrogen functional groups attached to an aromatic ring is 1. The van der Waals surface area contributed by atoms with Crippen LogP contribution in [0, 0.1) is 0 Å². The molecule has 1 amide bonds. The SMILES string of the molecule is Nc1nc(C(=O)Nc2cccc(Cl)c2Cl)co1. The molecular formula is C10H7Cl2N3O2. The van der Waals surface area contributed by atoms with Crippen LogP contribution in [-0.2, 0) is 0 Å². The number of halogens is 2. The lowest BCUT2D eigenvalue weighted by Crippen LogP contribution is -2.12. The van der Waals surface area contributed by atoms with Crippen molar-refractivity contribution in [1.82, 2.24) is 4.98 Å². The van der Waals surface area contributed by atoms with Gasteiger partial charge in [-0.3, -0.25) is 4.79 Å². The van der Waals surface area contributed by atoms with Gasteiger partial charge in [-0.15, -0.1) is 0 Å². The van der Waals surface area contributed by atoms with Gasteiger partial charge in [-0.05, 0) is 12.1 Å². The third-order valence-corrected chi connectivity index (χ3v) is 2.77. The summed E-state index contributed by atoms with van der Waals surface area (Å²) in [7, 11) is 0. The molecule has 0 saturated carbocycles. The fraction of sp³-hybridized carbons (Fsp3) is 0. The maximum atomic E-state index is 11.7. The molecule has 0 aliphatic carbocycles. The summed E-state index contributed by atoms with van der Waals surface area (Å²) in [5.41, 5.74) is 5.72. The third-order valence-electron chi connectivity index (χ3n) is 1.95. The van der Waals surface area contributed by atoms with Gasteiger partial charge in [0.2, 0.25) is 0 Å². The summed E-state index contributed by atoms with van der Waals surface area (Å²) in [6.45, 7) is 0. The molecule has 0 aliphatic heterocycles. The van der Waals surface area contributed by atoms with Crippen molar-refractivity contribution in [1.29, 1.82) is 0 Å². The number of benzene rings is 1. The molecule has 0 atom stereocenters. The second kappa shape index (κ2) is 4.65. The molecule has 0 spiro atoms. The zero-order valence-electron chi connectivity index (χ0n) is 8.41. The number of hydrogen-bond donors (Lipinski definition) is 2. The van der Waals surface area contributed by atoms with Crippen molar-refractivity contribution in [2.75, 3.05) is 11.1 Å². The highest BCUT2D eigenvalue weighted by atomic mass is 35.5. The Morgan fingerprint density at radius 3 is 2.82 bits per heavy atom.